The summed E-state index contributed by atoms with van der Waals surface area (Å²) in [6.45, 7) is 4.01. The molecule has 1 atom stereocenters. The number of nitriles is 1. The van der Waals surface area contributed by atoms with Crippen LogP contribution in [-0.4, -0.2) is 36.0 Å². The number of nitrogens with zero attached hydrogens (tertiary/aromatic N) is 5. The van der Waals surface area contributed by atoms with Gasteiger partial charge in [-0.05, 0) is 30.5 Å². The lowest BCUT2D eigenvalue weighted by Gasteiger charge is -2.08. The molecule has 0 saturated carbocycles. The van der Waals surface area contributed by atoms with E-state index in [0.29, 0.717) is 35.7 Å². The molecule has 33 heavy (non-hydrogen) atoms. The van der Waals surface area contributed by atoms with Crippen molar-refractivity contribution in [3.05, 3.63) is 48.2 Å². The maximum absolute atomic E-state index is 12.1. The summed E-state index contributed by atoms with van der Waals surface area (Å²) in [5.41, 5.74) is 5.14. The van der Waals surface area contributed by atoms with Crippen molar-refractivity contribution >= 4 is 28.7 Å². The first-order chi connectivity index (χ1) is 16.0. The van der Waals surface area contributed by atoms with Crippen molar-refractivity contribution < 1.29 is 4.79 Å². The molecule has 0 aliphatic heterocycles. The lowest BCUT2D eigenvalue weighted by Crippen LogP contribution is -2.13. The van der Waals surface area contributed by atoms with E-state index < -0.39 is 0 Å². The minimum atomic E-state index is -0.242. The van der Waals surface area contributed by atoms with Crippen molar-refractivity contribution in [1.82, 2.24) is 30.1 Å². The zero-order valence-electron chi connectivity index (χ0n) is 18.3. The van der Waals surface area contributed by atoms with Crippen molar-refractivity contribution in [1.29, 1.82) is 5.26 Å². The summed E-state index contributed by atoms with van der Waals surface area (Å²) in [6, 6.07) is 6.16. The number of H-pyrrole nitrogens is 2. The van der Waals surface area contributed by atoms with E-state index in [1.54, 1.807) is 18.6 Å². The zero-order chi connectivity index (χ0) is 22.9. The number of carbonyl (C=O) groups is 1. The van der Waals surface area contributed by atoms with Gasteiger partial charge in [0.15, 0.2) is 11.5 Å². The first-order valence-corrected chi connectivity index (χ1v) is 10.8. The first-order valence-electron chi connectivity index (χ1n) is 10.8. The Bertz CT molecular complexity index is 1420. The van der Waals surface area contributed by atoms with Gasteiger partial charge in [-0.25, -0.2) is 9.97 Å². The monoisotopic (exact) mass is 438 g/mol. The molecule has 0 spiro atoms. The SMILES string of the molecule is CC(C)CC(=O)Nc1cncc(-c2cnc3n[nH]c(-c4nc5c([nH]4)C(C#N)CC=C5)c3c2)c1. The van der Waals surface area contributed by atoms with Gasteiger partial charge in [-0.2, -0.15) is 10.4 Å². The number of aromatic amines is 2. The van der Waals surface area contributed by atoms with Crippen molar-refractivity contribution in [2.45, 2.75) is 32.6 Å². The summed E-state index contributed by atoms with van der Waals surface area (Å²) >= 11 is 0. The smallest absolute Gasteiger partial charge is 0.224 e. The molecule has 9 heteroatoms. The van der Waals surface area contributed by atoms with E-state index in [4.69, 9.17) is 0 Å². The van der Waals surface area contributed by atoms with Crippen LogP contribution in [0.4, 0.5) is 5.69 Å². The van der Waals surface area contributed by atoms with Crippen LogP contribution in [0.25, 0.3) is 39.8 Å². The average Bonchev–Trinajstić information content (AvgIpc) is 3.41. The topological polar surface area (TPSA) is 136 Å². The lowest BCUT2D eigenvalue weighted by atomic mass is 9.97. The number of rotatable bonds is 5. The van der Waals surface area contributed by atoms with E-state index in [-0.39, 0.29) is 17.7 Å². The van der Waals surface area contributed by atoms with Gasteiger partial charge in [0.2, 0.25) is 5.91 Å². The molecule has 164 valence electrons. The van der Waals surface area contributed by atoms with Gasteiger partial charge in [0, 0.05) is 29.9 Å². The number of aromatic nitrogens is 6. The molecule has 1 unspecified atom stereocenters. The van der Waals surface area contributed by atoms with Crippen molar-refractivity contribution in [2.75, 3.05) is 5.32 Å². The third-order valence-corrected chi connectivity index (χ3v) is 5.51. The number of hydrogen-bond donors (Lipinski definition) is 3. The Morgan fingerprint density at radius 3 is 2.94 bits per heavy atom. The molecule has 5 rings (SSSR count). The Kier molecular flexibility index (Phi) is 5.18. The third kappa shape index (κ3) is 3.99. The van der Waals surface area contributed by atoms with E-state index in [9.17, 15) is 10.1 Å². The van der Waals surface area contributed by atoms with E-state index >= 15 is 0 Å². The zero-order valence-corrected chi connectivity index (χ0v) is 18.3. The van der Waals surface area contributed by atoms with Crippen LogP contribution in [0.2, 0.25) is 0 Å². The molecule has 0 aromatic carbocycles. The predicted molar refractivity (Wildman–Crippen MR) is 125 cm³/mol. The summed E-state index contributed by atoms with van der Waals surface area (Å²) in [7, 11) is 0. The summed E-state index contributed by atoms with van der Waals surface area (Å²) in [5.74, 6) is 0.606. The molecule has 1 amide bonds. The molecular weight excluding hydrogens is 416 g/mol. The second-order valence-electron chi connectivity index (χ2n) is 8.51. The number of nitrogens with one attached hydrogen (secondary N) is 3. The van der Waals surface area contributed by atoms with Gasteiger partial charge in [-0.3, -0.25) is 14.9 Å². The van der Waals surface area contributed by atoms with Crippen LogP contribution in [0.3, 0.4) is 0 Å². The molecule has 1 aliphatic carbocycles. The van der Waals surface area contributed by atoms with E-state index in [1.807, 2.05) is 38.1 Å². The number of hydrogen-bond acceptors (Lipinski definition) is 6. The molecule has 0 bridgehead atoms. The van der Waals surface area contributed by atoms with Gasteiger partial charge in [0.1, 0.15) is 5.69 Å². The third-order valence-electron chi connectivity index (χ3n) is 5.51. The lowest BCUT2D eigenvalue weighted by molar-refractivity contribution is -0.116. The molecule has 0 radical (unpaired) electrons. The minimum Gasteiger partial charge on any atom is -0.339 e. The Hall–Kier alpha value is -4.32. The molecule has 4 aromatic rings. The predicted octanol–water partition coefficient (Wildman–Crippen LogP) is 4.42. The van der Waals surface area contributed by atoms with Gasteiger partial charge in [-0.1, -0.05) is 19.9 Å². The number of carbonyl (C=O) groups excluding carboxylic acids is 1. The summed E-state index contributed by atoms with van der Waals surface area (Å²) in [6.07, 6.45) is 10.1. The molecular formula is C24H22N8O. The first kappa shape index (κ1) is 20.6. The number of fused-ring (bicyclic) bond motifs is 2. The van der Waals surface area contributed by atoms with Gasteiger partial charge in [-0.15, -0.1) is 0 Å². The molecule has 4 aromatic heterocycles. The Labute approximate surface area is 190 Å². The molecule has 1 aliphatic rings. The van der Waals surface area contributed by atoms with Crippen LogP contribution in [0.1, 0.15) is 44.0 Å². The largest absolute Gasteiger partial charge is 0.339 e. The Morgan fingerprint density at radius 2 is 2.12 bits per heavy atom. The molecule has 3 N–H and O–H groups in total. The van der Waals surface area contributed by atoms with Gasteiger partial charge < -0.3 is 10.3 Å². The van der Waals surface area contributed by atoms with Crippen LogP contribution in [0.15, 0.2) is 36.8 Å². The molecule has 0 fully saturated rings. The normalized spacial score (nSPS) is 14.9. The standard InChI is InChI=1S/C24H22N8O/c1-13(2)6-20(33)28-17-7-15(10-26-12-17)16-8-18-22(31-32-23(18)27-11-16)24-29-19-5-3-4-14(9-25)21(19)30-24/h3,5,7-8,10-14H,4,6H2,1-2H3,(H,28,33)(H,29,30)(H,27,31,32). The van der Waals surface area contributed by atoms with Gasteiger partial charge in [0.05, 0.1) is 40.6 Å². The average molecular weight is 438 g/mol. The molecule has 4 heterocycles. The highest BCUT2D eigenvalue weighted by Crippen LogP contribution is 2.33. The molecule has 9 nitrogen and oxygen atoms in total. The second-order valence-corrected chi connectivity index (χ2v) is 8.51. The summed E-state index contributed by atoms with van der Waals surface area (Å²) < 4.78 is 0. The van der Waals surface area contributed by atoms with Crippen LogP contribution < -0.4 is 5.32 Å². The van der Waals surface area contributed by atoms with Gasteiger partial charge >= 0.3 is 0 Å². The fourth-order valence-corrected chi connectivity index (χ4v) is 3.95. The van der Waals surface area contributed by atoms with Crippen LogP contribution >= 0.6 is 0 Å². The summed E-state index contributed by atoms with van der Waals surface area (Å²) in [5, 5.41) is 20.5. The van der Waals surface area contributed by atoms with Crippen molar-refractivity contribution in [3.8, 4) is 28.7 Å². The maximum atomic E-state index is 12.1. The number of pyridine rings is 2. The number of anilines is 1. The van der Waals surface area contributed by atoms with E-state index in [2.05, 4.69) is 41.5 Å². The van der Waals surface area contributed by atoms with Crippen molar-refractivity contribution in [2.24, 2.45) is 5.92 Å². The highest BCUT2D eigenvalue weighted by atomic mass is 16.1. The summed E-state index contributed by atoms with van der Waals surface area (Å²) in [4.78, 5) is 28.9. The number of amides is 1. The quantitative estimate of drug-likeness (QED) is 0.422. The number of imidazole rings is 1. The van der Waals surface area contributed by atoms with Crippen LogP contribution in [-0.2, 0) is 4.79 Å². The minimum absolute atomic E-state index is 0.0406. The Morgan fingerprint density at radius 1 is 1.27 bits per heavy atom. The van der Waals surface area contributed by atoms with Crippen molar-refractivity contribution in [3.63, 3.8) is 0 Å². The highest BCUT2D eigenvalue weighted by molar-refractivity contribution is 5.93. The fourth-order valence-electron chi connectivity index (χ4n) is 3.95. The second kappa shape index (κ2) is 8.31. The van der Waals surface area contributed by atoms with E-state index in [1.165, 1.54) is 0 Å². The maximum Gasteiger partial charge on any atom is 0.224 e. The van der Waals surface area contributed by atoms with Crippen LogP contribution in [0, 0.1) is 17.2 Å². The number of allylic oxidation sites excluding steroid dienone is 1. The van der Waals surface area contributed by atoms with E-state index in [0.717, 1.165) is 27.9 Å². The Balaban J connectivity index is 1.50. The molecule has 0 saturated heterocycles. The van der Waals surface area contributed by atoms with Crippen LogP contribution in [0.5, 0.6) is 0 Å². The highest BCUT2D eigenvalue weighted by Gasteiger charge is 2.23. The van der Waals surface area contributed by atoms with Gasteiger partial charge in [0.25, 0.3) is 0 Å². The fraction of sp³-hybridized carbons (Fsp3) is 0.250.